The molecule has 6 aromatic rings. The van der Waals surface area contributed by atoms with E-state index in [9.17, 15) is 9.59 Å². The highest BCUT2D eigenvalue weighted by Crippen LogP contribution is 2.39. The van der Waals surface area contributed by atoms with Gasteiger partial charge in [-0.05, 0) is 57.2 Å². The van der Waals surface area contributed by atoms with E-state index in [-0.39, 0.29) is 11.1 Å². The summed E-state index contributed by atoms with van der Waals surface area (Å²) in [6.07, 6.45) is 0. The molecule has 3 aromatic carbocycles. The van der Waals surface area contributed by atoms with Crippen LogP contribution in [0.5, 0.6) is 0 Å². The Morgan fingerprint density at radius 3 is 1.38 bits per heavy atom. The lowest BCUT2D eigenvalue weighted by atomic mass is 9.85. The molecule has 3 aromatic heterocycles. The van der Waals surface area contributed by atoms with E-state index in [1.54, 1.807) is 14.0 Å². The number of hydrogen-bond donors (Lipinski definition) is 0. The normalized spacial score (nSPS) is 11.5. The average molecular weight is 579 g/mol. The number of para-hydroxylation sites is 3. The molecule has 212 valence electrons. The van der Waals surface area contributed by atoms with Crippen LogP contribution >= 0.6 is 11.6 Å². The van der Waals surface area contributed by atoms with E-state index >= 15 is 0 Å². The standard InChI is InChI=1S/C33H31ClN6O2/c1-21-27(31(34)38(35-21)24-15-9-6-10-16-24)30(28-22(2)36(4)39(32(28)41)25-17-11-7-12-18-25)29-23(3)37(5)40(33(29)42)26-19-13-8-14-20-26/h6-20,30H,1-5H3. The van der Waals surface area contributed by atoms with Crippen LogP contribution in [0.25, 0.3) is 17.1 Å². The average Bonchev–Trinajstić information content (AvgIpc) is 3.51. The number of rotatable bonds is 6. The van der Waals surface area contributed by atoms with Crippen LogP contribution in [-0.2, 0) is 14.1 Å². The zero-order chi connectivity index (χ0) is 29.7. The Kier molecular flexibility index (Phi) is 6.86. The van der Waals surface area contributed by atoms with Crippen molar-refractivity contribution in [3.8, 4) is 17.1 Å². The molecular weight excluding hydrogens is 548 g/mol. The van der Waals surface area contributed by atoms with Crippen molar-refractivity contribution in [1.82, 2.24) is 28.5 Å². The summed E-state index contributed by atoms with van der Waals surface area (Å²) in [6.45, 7) is 5.68. The smallest absolute Gasteiger partial charge is 0.275 e. The molecule has 6 rings (SSSR count). The van der Waals surface area contributed by atoms with Gasteiger partial charge in [-0.15, -0.1) is 0 Å². The molecule has 0 aliphatic carbocycles. The highest BCUT2D eigenvalue weighted by Gasteiger charge is 2.36. The van der Waals surface area contributed by atoms with Gasteiger partial charge in [-0.1, -0.05) is 66.2 Å². The predicted octanol–water partition coefficient (Wildman–Crippen LogP) is 5.61. The lowest BCUT2D eigenvalue weighted by molar-refractivity contribution is 0.630. The van der Waals surface area contributed by atoms with Crippen molar-refractivity contribution >= 4 is 11.6 Å². The predicted molar refractivity (Wildman–Crippen MR) is 166 cm³/mol. The van der Waals surface area contributed by atoms with Gasteiger partial charge in [0, 0.05) is 31.0 Å². The molecule has 0 spiro atoms. The Morgan fingerprint density at radius 2 is 0.976 bits per heavy atom. The van der Waals surface area contributed by atoms with E-state index in [1.165, 1.54) is 0 Å². The minimum absolute atomic E-state index is 0.219. The Balaban J connectivity index is 1.70. The van der Waals surface area contributed by atoms with Gasteiger partial charge in [-0.25, -0.2) is 14.0 Å². The first-order chi connectivity index (χ1) is 20.2. The zero-order valence-corrected chi connectivity index (χ0v) is 24.9. The third kappa shape index (κ3) is 4.18. The molecule has 0 saturated heterocycles. The van der Waals surface area contributed by atoms with Gasteiger partial charge in [-0.2, -0.15) is 5.10 Å². The fourth-order valence-electron chi connectivity index (χ4n) is 5.86. The van der Waals surface area contributed by atoms with Gasteiger partial charge in [0.15, 0.2) is 0 Å². The van der Waals surface area contributed by atoms with Crippen molar-refractivity contribution in [3.63, 3.8) is 0 Å². The van der Waals surface area contributed by atoms with E-state index in [4.69, 9.17) is 16.7 Å². The first-order valence-electron chi connectivity index (χ1n) is 13.7. The summed E-state index contributed by atoms with van der Waals surface area (Å²) in [6, 6.07) is 28.6. The van der Waals surface area contributed by atoms with Crippen molar-refractivity contribution in [2.24, 2.45) is 14.1 Å². The summed E-state index contributed by atoms with van der Waals surface area (Å²) in [4.78, 5) is 28.9. The molecule has 8 nitrogen and oxygen atoms in total. The quantitative estimate of drug-likeness (QED) is 0.258. The van der Waals surface area contributed by atoms with Crippen molar-refractivity contribution in [2.45, 2.75) is 26.7 Å². The second-order valence-electron chi connectivity index (χ2n) is 10.4. The number of benzene rings is 3. The fraction of sp³-hybridized carbons (Fsp3) is 0.182. The Morgan fingerprint density at radius 1 is 0.595 bits per heavy atom. The molecule has 0 saturated carbocycles. The molecule has 42 heavy (non-hydrogen) atoms. The second-order valence-corrected chi connectivity index (χ2v) is 10.8. The third-order valence-electron chi connectivity index (χ3n) is 8.11. The van der Waals surface area contributed by atoms with Crippen molar-refractivity contribution in [3.05, 3.63) is 151 Å². The van der Waals surface area contributed by atoms with Crippen LogP contribution in [-0.4, -0.2) is 28.5 Å². The topological polar surface area (TPSA) is 71.7 Å². The minimum Gasteiger partial charge on any atom is -0.285 e. The van der Waals surface area contributed by atoms with Gasteiger partial charge in [0.1, 0.15) is 5.15 Å². The van der Waals surface area contributed by atoms with Gasteiger partial charge in [0.25, 0.3) is 11.1 Å². The maximum atomic E-state index is 14.4. The molecular formula is C33H31ClN6O2. The fourth-order valence-corrected chi connectivity index (χ4v) is 6.24. The molecule has 0 aliphatic rings. The van der Waals surface area contributed by atoms with E-state index in [1.807, 2.05) is 135 Å². The molecule has 0 unspecified atom stereocenters. The van der Waals surface area contributed by atoms with Gasteiger partial charge in [0.2, 0.25) is 0 Å². The summed E-state index contributed by atoms with van der Waals surface area (Å²) < 4.78 is 8.60. The molecule has 9 heteroatoms. The summed E-state index contributed by atoms with van der Waals surface area (Å²) in [5, 5.41) is 5.15. The lowest BCUT2D eigenvalue weighted by Gasteiger charge is -2.16. The maximum Gasteiger partial charge on any atom is 0.275 e. The number of hydrogen-bond acceptors (Lipinski definition) is 3. The van der Waals surface area contributed by atoms with Crippen LogP contribution < -0.4 is 11.1 Å². The number of halogens is 1. The Labute approximate surface area is 248 Å². The molecule has 0 radical (unpaired) electrons. The largest absolute Gasteiger partial charge is 0.285 e. The van der Waals surface area contributed by atoms with Crippen LogP contribution in [0.15, 0.2) is 101 Å². The molecule has 0 fully saturated rings. The van der Waals surface area contributed by atoms with Crippen molar-refractivity contribution in [1.29, 1.82) is 0 Å². The molecule has 0 amide bonds. The van der Waals surface area contributed by atoms with E-state index in [0.717, 1.165) is 28.5 Å². The van der Waals surface area contributed by atoms with Gasteiger partial charge >= 0.3 is 0 Å². The van der Waals surface area contributed by atoms with E-state index < -0.39 is 5.92 Å². The minimum atomic E-state index is -0.776. The van der Waals surface area contributed by atoms with E-state index in [2.05, 4.69) is 0 Å². The highest BCUT2D eigenvalue weighted by atomic mass is 35.5. The summed E-state index contributed by atoms with van der Waals surface area (Å²) >= 11 is 7.16. The van der Waals surface area contributed by atoms with Crippen LogP contribution in [0, 0.1) is 20.8 Å². The monoisotopic (exact) mass is 578 g/mol. The van der Waals surface area contributed by atoms with Gasteiger partial charge < -0.3 is 0 Å². The molecule has 0 bridgehead atoms. The van der Waals surface area contributed by atoms with E-state index in [0.29, 0.717) is 27.5 Å². The molecule has 0 atom stereocenters. The summed E-state index contributed by atoms with van der Waals surface area (Å²) in [5.74, 6) is -0.776. The third-order valence-corrected chi connectivity index (χ3v) is 8.48. The number of aromatic nitrogens is 6. The molecule has 0 N–H and O–H groups in total. The SMILES string of the molecule is Cc1nn(-c2ccccc2)c(Cl)c1C(c1c(C)n(C)n(-c2ccccc2)c1=O)c1c(C)n(C)n(-c2ccccc2)c1=O. The first-order valence-corrected chi connectivity index (χ1v) is 14.1. The molecule has 0 aliphatic heterocycles. The Bertz CT molecular complexity index is 1930. The maximum absolute atomic E-state index is 14.4. The van der Waals surface area contributed by atoms with Crippen molar-refractivity contribution < 1.29 is 0 Å². The lowest BCUT2D eigenvalue weighted by Crippen LogP contribution is -2.26. The Hall–Kier alpha value is -4.82. The van der Waals surface area contributed by atoms with Gasteiger partial charge in [0.05, 0.1) is 39.8 Å². The second kappa shape index (κ2) is 10.5. The first kappa shape index (κ1) is 27.4. The van der Waals surface area contributed by atoms with Crippen LogP contribution in [0.3, 0.4) is 0 Å². The summed E-state index contributed by atoms with van der Waals surface area (Å²) in [7, 11) is 3.71. The van der Waals surface area contributed by atoms with Crippen LogP contribution in [0.1, 0.15) is 39.7 Å². The zero-order valence-electron chi connectivity index (χ0n) is 24.1. The van der Waals surface area contributed by atoms with Gasteiger partial charge in [-0.3, -0.25) is 19.0 Å². The number of nitrogens with zero attached hydrogens (tertiary/aromatic N) is 6. The van der Waals surface area contributed by atoms with Crippen LogP contribution in [0.4, 0.5) is 0 Å². The number of aryl methyl sites for hydroxylation is 1. The molecule has 3 heterocycles. The van der Waals surface area contributed by atoms with Crippen LogP contribution in [0.2, 0.25) is 5.15 Å². The highest BCUT2D eigenvalue weighted by molar-refractivity contribution is 6.30. The van der Waals surface area contributed by atoms with Crippen molar-refractivity contribution in [2.75, 3.05) is 0 Å². The summed E-state index contributed by atoms with van der Waals surface area (Å²) in [5.41, 5.74) is 5.47.